The van der Waals surface area contributed by atoms with Gasteiger partial charge in [0.2, 0.25) is 0 Å². The predicted octanol–water partition coefficient (Wildman–Crippen LogP) is 3.78. The van der Waals surface area contributed by atoms with E-state index < -0.39 is 0 Å². The molecule has 0 fully saturated rings. The Kier molecular flexibility index (Phi) is 5.81. The minimum Gasteiger partial charge on any atom is -0.394 e. The van der Waals surface area contributed by atoms with Crippen molar-refractivity contribution in [3.05, 3.63) is 78.2 Å². The van der Waals surface area contributed by atoms with Gasteiger partial charge in [0, 0.05) is 6.42 Å². The van der Waals surface area contributed by atoms with Crippen LogP contribution in [0.4, 0.5) is 5.82 Å². The van der Waals surface area contributed by atoms with Crippen molar-refractivity contribution < 1.29 is 5.11 Å². The van der Waals surface area contributed by atoms with Crippen LogP contribution in [0.3, 0.4) is 0 Å². The van der Waals surface area contributed by atoms with Gasteiger partial charge in [-0.2, -0.15) is 5.10 Å². The summed E-state index contributed by atoms with van der Waals surface area (Å²) in [7, 11) is 0. The molecule has 0 saturated heterocycles. The van der Waals surface area contributed by atoms with Crippen molar-refractivity contribution in [1.29, 1.82) is 0 Å². The van der Waals surface area contributed by atoms with E-state index in [0.717, 1.165) is 46.8 Å². The minimum absolute atomic E-state index is 0.0102. The van der Waals surface area contributed by atoms with Crippen LogP contribution in [-0.4, -0.2) is 37.5 Å². The van der Waals surface area contributed by atoms with Gasteiger partial charge in [-0.3, -0.25) is 0 Å². The number of hydrogen-bond acceptors (Lipinski definition) is 5. The molecule has 4 rings (SSSR count). The van der Waals surface area contributed by atoms with Gasteiger partial charge in [0.05, 0.1) is 29.9 Å². The number of nitrogens with one attached hydrogen (secondary N) is 1. The zero-order chi connectivity index (χ0) is 20.1. The molecule has 0 aliphatic carbocycles. The Balaban J connectivity index is 1.71. The summed E-state index contributed by atoms with van der Waals surface area (Å²) in [6.45, 7) is 2.12. The maximum Gasteiger partial charge on any atom is 0.168 e. The molecule has 0 radical (unpaired) electrons. The Hall–Kier alpha value is -3.25. The highest BCUT2D eigenvalue weighted by atomic mass is 16.3. The van der Waals surface area contributed by atoms with E-state index in [9.17, 15) is 5.11 Å². The Labute approximate surface area is 170 Å². The van der Waals surface area contributed by atoms with Crippen LogP contribution in [0, 0.1) is 0 Å². The zero-order valence-corrected chi connectivity index (χ0v) is 16.5. The summed E-state index contributed by atoms with van der Waals surface area (Å²) in [5.41, 5.74) is 2.89. The average molecular weight is 387 g/mol. The van der Waals surface area contributed by atoms with Crippen molar-refractivity contribution in [1.82, 2.24) is 19.7 Å². The largest absolute Gasteiger partial charge is 0.394 e. The molecular formula is C23H25N5O. The van der Waals surface area contributed by atoms with Crippen LogP contribution in [0.25, 0.3) is 16.7 Å². The summed E-state index contributed by atoms with van der Waals surface area (Å²) >= 11 is 0. The summed E-state index contributed by atoms with van der Waals surface area (Å²) in [6, 6.07) is 20.0. The van der Waals surface area contributed by atoms with Crippen LogP contribution in [-0.2, 0) is 12.8 Å². The molecule has 4 aromatic rings. The molecule has 2 aromatic heterocycles. The van der Waals surface area contributed by atoms with Gasteiger partial charge in [-0.15, -0.1) is 0 Å². The number of anilines is 1. The fourth-order valence-corrected chi connectivity index (χ4v) is 3.41. The van der Waals surface area contributed by atoms with E-state index in [4.69, 9.17) is 9.97 Å². The monoisotopic (exact) mass is 387 g/mol. The van der Waals surface area contributed by atoms with Gasteiger partial charge in [0.1, 0.15) is 11.6 Å². The van der Waals surface area contributed by atoms with Crippen molar-refractivity contribution in [2.75, 3.05) is 11.9 Å². The summed E-state index contributed by atoms with van der Waals surface area (Å²) in [5.74, 6) is 1.49. The number of aliphatic hydroxyl groups excluding tert-OH is 1. The second-order valence-electron chi connectivity index (χ2n) is 7.08. The lowest BCUT2D eigenvalue weighted by molar-refractivity contribution is 0.273. The van der Waals surface area contributed by atoms with Gasteiger partial charge in [0.15, 0.2) is 5.65 Å². The highest BCUT2D eigenvalue weighted by Gasteiger charge is 2.17. The topological polar surface area (TPSA) is 75.9 Å². The number of rotatable bonds is 8. The standard InChI is InChI=1S/C23H25N5O/c1-2-9-21-26-22(25-18(16-29)14-17-10-5-3-6-11-17)20-15-24-28(23(20)27-21)19-12-7-4-8-13-19/h3-8,10-13,15,18,29H,2,9,14,16H2,1H3,(H,25,26,27)/t18-/m0/s1. The summed E-state index contributed by atoms with van der Waals surface area (Å²) in [4.78, 5) is 9.51. The molecule has 0 saturated carbocycles. The molecule has 0 aliphatic heterocycles. The lowest BCUT2D eigenvalue weighted by Crippen LogP contribution is -2.27. The molecule has 1 atom stereocenters. The number of fused-ring (bicyclic) bond motifs is 1. The predicted molar refractivity (Wildman–Crippen MR) is 115 cm³/mol. The number of aromatic nitrogens is 4. The molecule has 6 nitrogen and oxygen atoms in total. The molecule has 0 amide bonds. The summed E-state index contributed by atoms with van der Waals surface area (Å²) < 4.78 is 1.84. The Morgan fingerprint density at radius 1 is 1.00 bits per heavy atom. The maximum absolute atomic E-state index is 9.95. The van der Waals surface area contributed by atoms with Crippen LogP contribution in [0.5, 0.6) is 0 Å². The van der Waals surface area contributed by atoms with Gasteiger partial charge in [0.25, 0.3) is 0 Å². The molecular weight excluding hydrogens is 362 g/mol. The van der Waals surface area contributed by atoms with Crippen molar-refractivity contribution >= 4 is 16.9 Å². The van der Waals surface area contributed by atoms with E-state index in [0.29, 0.717) is 6.42 Å². The number of nitrogens with zero attached hydrogens (tertiary/aromatic N) is 4. The molecule has 2 heterocycles. The first-order valence-electron chi connectivity index (χ1n) is 10.00. The van der Waals surface area contributed by atoms with Crippen molar-refractivity contribution in [2.24, 2.45) is 0 Å². The van der Waals surface area contributed by atoms with Crippen molar-refractivity contribution in [3.8, 4) is 5.69 Å². The Morgan fingerprint density at radius 2 is 1.72 bits per heavy atom. The summed E-state index contributed by atoms with van der Waals surface area (Å²) in [5, 5.41) is 18.8. The molecule has 148 valence electrons. The third-order valence-electron chi connectivity index (χ3n) is 4.84. The van der Waals surface area contributed by atoms with Gasteiger partial charge in [-0.05, 0) is 30.5 Å². The fraction of sp³-hybridized carbons (Fsp3) is 0.261. The van der Waals surface area contributed by atoms with Crippen LogP contribution < -0.4 is 5.32 Å². The quantitative estimate of drug-likeness (QED) is 0.481. The molecule has 0 bridgehead atoms. The first-order chi connectivity index (χ1) is 14.3. The fourth-order valence-electron chi connectivity index (χ4n) is 3.41. The van der Waals surface area contributed by atoms with Crippen molar-refractivity contribution in [3.63, 3.8) is 0 Å². The number of aryl methyl sites for hydroxylation is 1. The lowest BCUT2D eigenvalue weighted by atomic mass is 10.1. The first-order valence-corrected chi connectivity index (χ1v) is 10.00. The Bertz CT molecular complexity index is 1060. The number of hydrogen-bond donors (Lipinski definition) is 2. The maximum atomic E-state index is 9.95. The minimum atomic E-state index is -0.148. The lowest BCUT2D eigenvalue weighted by Gasteiger charge is -2.18. The second kappa shape index (κ2) is 8.84. The SMILES string of the molecule is CCCc1nc(N[C@H](CO)Cc2ccccc2)c2cnn(-c3ccccc3)c2n1. The van der Waals surface area contributed by atoms with E-state index in [2.05, 4.69) is 29.5 Å². The van der Waals surface area contributed by atoms with Gasteiger partial charge in [-0.25, -0.2) is 14.6 Å². The Morgan fingerprint density at radius 3 is 2.41 bits per heavy atom. The van der Waals surface area contributed by atoms with Crippen LogP contribution >= 0.6 is 0 Å². The highest BCUT2D eigenvalue weighted by Crippen LogP contribution is 2.24. The van der Waals surface area contributed by atoms with E-state index in [1.165, 1.54) is 0 Å². The van der Waals surface area contributed by atoms with Crippen LogP contribution in [0.2, 0.25) is 0 Å². The number of benzene rings is 2. The van der Waals surface area contributed by atoms with E-state index >= 15 is 0 Å². The summed E-state index contributed by atoms with van der Waals surface area (Å²) in [6.07, 6.45) is 4.24. The second-order valence-corrected chi connectivity index (χ2v) is 7.08. The number of aliphatic hydroxyl groups is 1. The molecule has 29 heavy (non-hydrogen) atoms. The molecule has 2 aromatic carbocycles. The van der Waals surface area contributed by atoms with E-state index in [-0.39, 0.29) is 12.6 Å². The molecule has 0 unspecified atom stereocenters. The zero-order valence-electron chi connectivity index (χ0n) is 16.5. The van der Waals surface area contributed by atoms with Gasteiger partial charge < -0.3 is 10.4 Å². The van der Waals surface area contributed by atoms with Gasteiger partial charge >= 0.3 is 0 Å². The van der Waals surface area contributed by atoms with Crippen LogP contribution in [0.15, 0.2) is 66.9 Å². The van der Waals surface area contributed by atoms with Crippen LogP contribution in [0.1, 0.15) is 24.7 Å². The normalized spacial score (nSPS) is 12.2. The molecule has 2 N–H and O–H groups in total. The first kappa shape index (κ1) is 19.1. The average Bonchev–Trinajstić information content (AvgIpc) is 3.19. The van der Waals surface area contributed by atoms with Crippen molar-refractivity contribution in [2.45, 2.75) is 32.2 Å². The molecule has 0 aliphatic rings. The van der Waals surface area contributed by atoms with E-state index in [1.54, 1.807) is 6.20 Å². The smallest absolute Gasteiger partial charge is 0.168 e. The van der Waals surface area contributed by atoms with E-state index in [1.807, 2.05) is 53.2 Å². The molecule has 6 heteroatoms. The molecule has 0 spiro atoms. The highest BCUT2D eigenvalue weighted by molar-refractivity contribution is 5.87. The third kappa shape index (κ3) is 4.27. The third-order valence-corrected chi connectivity index (χ3v) is 4.84. The number of para-hydroxylation sites is 1. The van der Waals surface area contributed by atoms with Gasteiger partial charge in [-0.1, -0.05) is 55.5 Å².